The minimum Gasteiger partial charge on any atom is -0.464 e. The van der Waals surface area contributed by atoms with E-state index in [1.54, 1.807) is 44.4 Å². The van der Waals surface area contributed by atoms with Gasteiger partial charge in [0.05, 0.1) is 23.8 Å². The Morgan fingerprint density at radius 3 is 2.58 bits per heavy atom. The molecule has 3 aromatic rings. The molecular weight excluding hydrogens is 486 g/mol. The summed E-state index contributed by atoms with van der Waals surface area (Å²) >= 11 is 6.08. The number of hydrogen-bond acceptors (Lipinski definition) is 6. The lowest BCUT2D eigenvalue weighted by Crippen LogP contribution is -2.46. The molecule has 188 valence electrons. The number of hydrogen-bond donors (Lipinski definition) is 0. The zero-order chi connectivity index (χ0) is 25.8. The predicted molar refractivity (Wildman–Crippen MR) is 135 cm³/mol. The highest BCUT2D eigenvalue weighted by molar-refractivity contribution is 6.31. The van der Waals surface area contributed by atoms with E-state index in [1.165, 1.54) is 27.0 Å². The number of nitrogens with zero attached hydrogens (tertiary/aromatic N) is 3. The molecule has 0 saturated carbocycles. The van der Waals surface area contributed by atoms with Gasteiger partial charge in [0.15, 0.2) is 16.9 Å². The van der Waals surface area contributed by atoms with Crippen LogP contribution in [0.2, 0.25) is 5.02 Å². The van der Waals surface area contributed by atoms with Crippen LogP contribution in [0.3, 0.4) is 0 Å². The third-order valence-corrected chi connectivity index (χ3v) is 5.89. The van der Waals surface area contributed by atoms with Crippen LogP contribution in [-0.4, -0.2) is 60.6 Å². The standard InChI is InChI=1S/C26H26ClN3O6/c1-4-9-29(26(33)28(2)3)14-24(31)30(12-17-5-7-22-23(10-17)36-16-35-22)13-18-15-34-21-8-6-19(27)11-20(21)25(18)32/h4-8,10-11,15H,1,9,12-14,16H2,2-3H3. The molecule has 0 aliphatic carbocycles. The van der Waals surface area contributed by atoms with E-state index in [1.807, 2.05) is 6.07 Å². The molecule has 0 N–H and O–H groups in total. The van der Waals surface area contributed by atoms with E-state index < -0.39 is 0 Å². The zero-order valence-electron chi connectivity index (χ0n) is 20.0. The van der Waals surface area contributed by atoms with Crippen molar-refractivity contribution in [2.75, 3.05) is 34.0 Å². The minimum atomic E-state index is -0.352. The Morgan fingerprint density at radius 1 is 1.06 bits per heavy atom. The molecule has 2 heterocycles. The third kappa shape index (κ3) is 5.46. The van der Waals surface area contributed by atoms with Crippen LogP contribution in [0.1, 0.15) is 11.1 Å². The normalized spacial score (nSPS) is 11.9. The molecule has 0 radical (unpaired) electrons. The number of fused-ring (bicyclic) bond motifs is 2. The molecule has 0 unspecified atom stereocenters. The summed E-state index contributed by atoms with van der Waals surface area (Å²) in [4.78, 5) is 43.5. The van der Waals surface area contributed by atoms with Gasteiger partial charge < -0.3 is 28.6 Å². The topological polar surface area (TPSA) is 92.5 Å². The van der Waals surface area contributed by atoms with E-state index >= 15 is 0 Å². The molecule has 1 aliphatic heterocycles. The summed E-state index contributed by atoms with van der Waals surface area (Å²) in [6.45, 7) is 3.94. The summed E-state index contributed by atoms with van der Waals surface area (Å²) in [5.74, 6) is 0.851. The molecule has 9 nitrogen and oxygen atoms in total. The fourth-order valence-electron chi connectivity index (χ4n) is 3.86. The molecule has 0 atom stereocenters. The first-order chi connectivity index (χ1) is 17.3. The summed E-state index contributed by atoms with van der Waals surface area (Å²) in [5.41, 5.74) is 1.17. The maximum Gasteiger partial charge on any atom is 0.320 e. The first-order valence-corrected chi connectivity index (χ1v) is 11.6. The molecule has 0 bridgehead atoms. The van der Waals surface area contributed by atoms with Crippen LogP contribution < -0.4 is 14.9 Å². The fourth-order valence-corrected chi connectivity index (χ4v) is 4.03. The zero-order valence-corrected chi connectivity index (χ0v) is 20.8. The van der Waals surface area contributed by atoms with Crippen LogP contribution in [0.4, 0.5) is 4.79 Å². The van der Waals surface area contributed by atoms with E-state index in [0.29, 0.717) is 27.5 Å². The maximum absolute atomic E-state index is 13.5. The summed E-state index contributed by atoms with van der Waals surface area (Å²) in [6.07, 6.45) is 2.91. The largest absolute Gasteiger partial charge is 0.464 e. The summed E-state index contributed by atoms with van der Waals surface area (Å²) in [7, 11) is 3.22. The van der Waals surface area contributed by atoms with Gasteiger partial charge in [-0.1, -0.05) is 23.7 Å². The highest BCUT2D eigenvalue weighted by Gasteiger charge is 2.24. The van der Waals surface area contributed by atoms with E-state index in [-0.39, 0.29) is 55.9 Å². The Hall–Kier alpha value is -3.98. The van der Waals surface area contributed by atoms with Crippen LogP contribution in [0, 0.1) is 0 Å². The number of rotatable bonds is 8. The second-order valence-electron chi connectivity index (χ2n) is 8.51. The van der Waals surface area contributed by atoms with E-state index in [4.69, 9.17) is 25.5 Å². The number of amides is 3. The van der Waals surface area contributed by atoms with Crippen LogP contribution >= 0.6 is 11.6 Å². The van der Waals surface area contributed by atoms with Gasteiger partial charge in [0.2, 0.25) is 12.7 Å². The summed E-state index contributed by atoms with van der Waals surface area (Å²) in [6, 6.07) is 9.85. The van der Waals surface area contributed by atoms with Crippen molar-refractivity contribution in [1.29, 1.82) is 0 Å². The molecular formula is C26H26ClN3O6. The van der Waals surface area contributed by atoms with Gasteiger partial charge in [-0.25, -0.2) is 4.79 Å². The lowest BCUT2D eigenvalue weighted by molar-refractivity contribution is -0.133. The first-order valence-electron chi connectivity index (χ1n) is 11.2. The molecule has 0 saturated heterocycles. The van der Waals surface area contributed by atoms with Crippen LogP contribution in [0.5, 0.6) is 11.5 Å². The molecule has 2 aromatic carbocycles. The van der Waals surface area contributed by atoms with E-state index in [0.717, 1.165) is 5.56 Å². The smallest absolute Gasteiger partial charge is 0.320 e. The quantitative estimate of drug-likeness (QED) is 0.426. The predicted octanol–water partition coefficient (Wildman–Crippen LogP) is 3.87. The second-order valence-corrected chi connectivity index (χ2v) is 8.95. The summed E-state index contributed by atoms with van der Waals surface area (Å²) in [5, 5.41) is 0.731. The van der Waals surface area contributed by atoms with Gasteiger partial charge in [0.25, 0.3) is 0 Å². The SMILES string of the molecule is C=CCN(CC(=O)N(Cc1ccc2c(c1)OCO2)Cc1coc2ccc(Cl)cc2c1=O)C(=O)N(C)C. The van der Waals surface area contributed by atoms with Gasteiger partial charge in [-0.3, -0.25) is 9.59 Å². The molecule has 4 rings (SSSR count). The number of benzene rings is 2. The minimum absolute atomic E-state index is 0.0316. The van der Waals surface area contributed by atoms with Crippen LogP contribution in [0.15, 0.2) is 64.5 Å². The van der Waals surface area contributed by atoms with Gasteiger partial charge in [-0.05, 0) is 35.9 Å². The Labute approximate surface area is 213 Å². The van der Waals surface area contributed by atoms with Crippen molar-refractivity contribution in [3.63, 3.8) is 0 Å². The average molecular weight is 512 g/mol. The molecule has 1 aliphatic rings. The van der Waals surface area contributed by atoms with Crippen molar-refractivity contribution >= 4 is 34.5 Å². The number of carbonyl (C=O) groups excluding carboxylic acids is 2. The number of ether oxygens (including phenoxy) is 2. The van der Waals surface area contributed by atoms with Gasteiger partial charge in [0, 0.05) is 32.2 Å². The van der Waals surface area contributed by atoms with E-state index in [2.05, 4.69) is 6.58 Å². The average Bonchev–Trinajstić information content (AvgIpc) is 3.32. The number of urea groups is 1. The van der Waals surface area contributed by atoms with Gasteiger partial charge in [-0.15, -0.1) is 6.58 Å². The van der Waals surface area contributed by atoms with Crippen molar-refractivity contribution in [2.45, 2.75) is 13.1 Å². The molecule has 0 fully saturated rings. The highest BCUT2D eigenvalue weighted by Crippen LogP contribution is 2.33. The first kappa shape index (κ1) is 25.1. The molecule has 3 amide bonds. The van der Waals surface area contributed by atoms with Gasteiger partial charge >= 0.3 is 6.03 Å². The lowest BCUT2D eigenvalue weighted by Gasteiger charge is -2.28. The van der Waals surface area contributed by atoms with Gasteiger partial charge in [0.1, 0.15) is 12.1 Å². The second kappa shape index (κ2) is 10.7. The Kier molecular flexibility index (Phi) is 7.49. The monoisotopic (exact) mass is 511 g/mol. The van der Waals surface area contributed by atoms with Crippen molar-refractivity contribution in [2.24, 2.45) is 0 Å². The number of halogens is 1. The fraction of sp³-hybridized carbons (Fsp3) is 0.269. The van der Waals surface area contributed by atoms with Crippen molar-refractivity contribution < 1.29 is 23.5 Å². The maximum atomic E-state index is 13.5. The van der Waals surface area contributed by atoms with Gasteiger partial charge in [-0.2, -0.15) is 0 Å². The summed E-state index contributed by atoms with van der Waals surface area (Å²) < 4.78 is 16.5. The Balaban J connectivity index is 1.66. The molecule has 1 aromatic heterocycles. The van der Waals surface area contributed by atoms with Crippen molar-refractivity contribution in [3.8, 4) is 11.5 Å². The van der Waals surface area contributed by atoms with Crippen molar-refractivity contribution in [3.05, 3.63) is 81.7 Å². The Morgan fingerprint density at radius 2 is 1.83 bits per heavy atom. The molecule has 0 spiro atoms. The third-order valence-electron chi connectivity index (χ3n) is 5.66. The van der Waals surface area contributed by atoms with E-state index in [9.17, 15) is 14.4 Å². The van der Waals surface area contributed by atoms with Crippen LogP contribution in [-0.2, 0) is 17.9 Å². The number of carbonyl (C=O) groups is 2. The van der Waals surface area contributed by atoms with Crippen LogP contribution in [0.25, 0.3) is 11.0 Å². The molecule has 10 heteroatoms. The lowest BCUT2D eigenvalue weighted by atomic mass is 10.1. The highest BCUT2D eigenvalue weighted by atomic mass is 35.5. The Bertz CT molecular complexity index is 1370. The molecule has 36 heavy (non-hydrogen) atoms. The van der Waals surface area contributed by atoms with Crippen molar-refractivity contribution in [1.82, 2.24) is 14.7 Å².